The molecule has 0 saturated heterocycles. The van der Waals surface area contributed by atoms with E-state index < -0.39 is 35.1 Å². The lowest BCUT2D eigenvalue weighted by Gasteiger charge is -2.29. The Morgan fingerprint density at radius 1 is 0.867 bits per heavy atom. The van der Waals surface area contributed by atoms with Crippen molar-refractivity contribution in [1.82, 2.24) is 0 Å². The van der Waals surface area contributed by atoms with Crippen molar-refractivity contribution in [3.8, 4) is 0 Å². The van der Waals surface area contributed by atoms with Crippen molar-refractivity contribution in [2.45, 2.75) is 11.8 Å². The van der Waals surface area contributed by atoms with Crippen LogP contribution in [0.5, 0.6) is 0 Å². The number of ether oxygens (including phenoxy) is 1. The summed E-state index contributed by atoms with van der Waals surface area (Å²) in [6, 6.07) is 0. The highest BCUT2D eigenvalue weighted by atomic mass is 19.3. The lowest BCUT2D eigenvalue weighted by molar-refractivity contribution is -0.196. The fourth-order valence-corrected chi connectivity index (χ4v) is 0.970. The van der Waals surface area contributed by atoms with Crippen LogP contribution in [0.15, 0.2) is 23.2 Å². The zero-order valence-electron chi connectivity index (χ0n) is 7.05. The first-order chi connectivity index (χ1) is 6.67. The van der Waals surface area contributed by atoms with Crippen LogP contribution in [-0.4, -0.2) is 19.0 Å². The van der Waals surface area contributed by atoms with Gasteiger partial charge in [-0.1, -0.05) is 0 Å². The second kappa shape index (κ2) is 3.14. The molecule has 0 atom stereocenters. The van der Waals surface area contributed by atoms with E-state index in [9.17, 15) is 30.7 Å². The van der Waals surface area contributed by atoms with E-state index in [-0.39, 0.29) is 0 Å². The second-order valence-electron chi connectivity index (χ2n) is 2.62. The molecular formula is C7H3F7O. The molecule has 1 aliphatic carbocycles. The quantitative estimate of drug-likeness (QED) is 0.635. The molecule has 0 fully saturated rings. The normalized spacial score (nSPS) is 24.5. The monoisotopic (exact) mass is 236 g/mol. The number of hydrogen-bond donors (Lipinski definition) is 0. The maximum atomic E-state index is 12.7. The summed E-state index contributed by atoms with van der Waals surface area (Å²) >= 11 is 0. The summed E-state index contributed by atoms with van der Waals surface area (Å²) in [4.78, 5) is 0. The number of alkyl halides is 4. The van der Waals surface area contributed by atoms with Gasteiger partial charge in [0.25, 0.3) is 0 Å². The Morgan fingerprint density at radius 2 is 1.33 bits per heavy atom. The summed E-state index contributed by atoms with van der Waals surface area (Å²) in [6.45, 7) is 0. The molecule has 0 aromatic carbocycles. The van der Waals surface area contributed by atoms with Gasteiger partial charge in [-0.15, -0.1) is 0 Å². The van der Waals surface area contributed by atoms with Crippen LogP contribution in [0.1, 0.15) is 0 Å². The maximum Gasteiger partial charge on any atom is 0.375 e. The van der Waals surface area contributed by atoms with E-state index in [4.69, 9.17) is 0 Å². The third kappa shape index (κ3) is 1.30. The van der Waals surface area contributed by atoms with Crippen molar-refractivity contribution in [2.24, 2.45) is 0 Å². The van der Waals surface area contributed by atoms with E-state index in [0.717, 1.165) is 0 Å². The van der Waals surface area contributed by atoms with Crippen LogP contribution < -0.4 is 0 Å². The topological polar surface area (TPSA) is 9.23 Å². The molecule has 0 aromatic heterocycles. The van der Waals surface area contributed by atoms with Crippen molar-refractivity contribution in [3.63, 3.8) is 0 Å². The smallest absolute Gasteiger partial charge is 0.375 e. The van der Waals surface area contributed by atoms with Gasteiger partial charge in [0.1, 0.15) is 0 Å². The molecule has 0 aliphatic heterocycles. The van der Waals surface area contributed by atoms with Gasteiger partial charge < -0.3 is 4.74 Å². The molecule has 1 nitrogen and oxygen atoms in total. The van der Waals surface area contributed by atoms with Gasteiger partial charge in [0, 0.05) is 0 Å². The van der Waals surface area contributed by atoms with E-state index >= 15 is 0 Å². The average molecular weight is 236 g/mol. The summed E-state index contributed by atoms with van der Waals surface area (Å²) < 4.78 is 91.5. The van der Waals surface area contributed by atoms with Gasteiger partial charge >= 0.3 is 11.8 Å². The van der Waals surface area contributed by atoms with Crippen LogP contribution in [0, 0.1) is 0 Å². The van der Waals surface area contributed by atoms with E-state index in [2.05, 4.69) is 4.74 Å². The highest BCUT2D eigenvalue weighted by Gasteiger charge is 2.68. The molecule has 0 radical (unpaired) electrons. The molecule has 0 N–H and O–H groups in total. The minimum absolute atomic E-state index is 0.440. The highest BCUT2D eigenvalue weighted by Crippen LogP contribution is 2.52. The second-order valence-corrected chi connectivity index (χ2v) is 2.62. The van der Waals surface area contributed by atoms with Crippen molar-refractivity contribution < 1.29 is 35.5 Å². The fraction of sp³-hybridized carbons (Fsp3) is 0.429. The predicted octanol–water partition coefficient (Wildman–Crippen LogP) is 3.25. The number of halogens is 7. The first-order valence-corrected chi connectivity index (χ1v) is 3.44. The Morgan fingerprint density at radius 3 is 1.73 bits per heavy atom. The fourth-order valence-electron chi connectivity index (χ4n) is 0.970. The van der Waals surface area contributed by atoms with Crippen LogP contribution >= 0.6 is 0 Å². The summed E-state index contributed by atoms with van der Waals surface area (Å²) in [5.41, 5.74) is 0. The van der Waals surface area contributed by atoms with Crippen LogP contribution in [0.2, 0.25) is 0 Å². The molecule has 0 saturated carbocycles. The van der Waals surface area contributed by atoms with Gasteiger partial charge in [-0.25, -0.2) is 8.78 Å². The van der Waals surface area contributed by atoms with Gasteiger partial charge in [-0.05, 0) is 0 Å². The first-order valence-electron chi connectivity index (χ1n) is 3.44. The first kappa shape index (κ1) is 11.9. The van der Waals surface area contributed by atoms with Crippen molar-refractivity contribution >= 4 is 0 Å². The summed E-state index contributed by atoms with van der Waals surface area (Å²) in [7, 11) is 0.440. The molecule has 0 amide bonds. The number of hydrogen-bond acceptors (Lipinski definition) is 1. The Hall–Kier alpha value is -1.21. The molecule has 1 aliphatic rings. The third-order valence-corrected chi connectivity index (χ3v) is 1.74. The zero-order valence-corrected chi connectivity index (χ0v) is 7.05. The third-order valence-electron chi connectivity index (χ3n) is 1.74. The predicted molar refractivity (Wildman–Crippen MR) is 34.3 cm³/mol. The summed E-state index contributed by atoms with van der Waals surface area (Å²) in [6.07, 6.45) is 0. The van der Waals surface area contributed by atoms with Crippen LogP contribution in [0.25, 0.3) is 0 Å². The lowest BCUT2D eigenvalue weighted by Crippen LogP contribution is -2.46. The van der Waals surface area contributed by atoms with Gasteiger partial charge in [-0.2, -0.15) is 22.0 Å². The Labute approximate surface area is 78.8 Å². The molecule has 0 aromatic rings. The Balaban J connectivity index is 3.50. The Bertz CT molecular complexity index is 354. The minimum Gasteiger partial charge on any atom is -0.492 e. The largest absolute Gasteiger partial charge is 0.492 e. The highest BCUT2D eigenvalue weighted by molar-refractivity contribution is 5.39. The molecule has 15 heavy (non-hydrogen) atoms. The summed E-state index contributed by atoms with van der Waals surface area (Å²) in [5, 5.41) is 0. The molecule has 1 rings (SSSR count). The van der Waals surface area contributed by atoms with Crippen LogP contribution in [0.4, 0.5) is 30.7 Å². The molecule has 0 bridgehead atoms. The molecule has 86 valence electrons. The van der Waals surface area contributed by atoms with Gasteiger partial charge in [0.15, 0.2) is 0 Å². The van der Waals surface area contributed by atoms with E-state index in [1.165, 1.54) is 0 Å². The maximum absolute atomic E-state index is 12.7. The Kier molecular flexibility index (Phi) is 2.48. The van der Waals surface area contributed by atoms with Gasteiger partial charge in [-0.3, -0.25) is 0 Å². The molecule has 0 spiro atoms. The molecular weight excluding hydrogens is 233 g/mol. The number of methoxy groups -OCH3 is 1. The van der Waals surface area contributed by atoms with E-state index in [0.29, 0.717) is 7.11 Å². The SMILES string of the molecule is COC1=C(F)C(F)=C(F)C(F)(F)C1(F)F. The minimum atomic E-state index is -5.46. The number of rotatable bonds is 1. The van der Waals surface area contributed by atoms with Gasteiger partial charge in [0.2, 0.25) is 23.2 Å². The van der Waals surface area contributed by atoms with Crippen LogP contribution in [0.3, 0.4) is 0 Å². The zero-order chi connectivity index (χ0) is 12.0. The van der Waals surface area contributed by atoms with E-state index in [1.54, 1.807) is 0 Å². The van der Waals surface area contributed by atoms with E-state index in [1.807, 2.05) is 0 Å². The lowest BCUT2D eigenvalue weighted by atomic mass is 10.0. The van der Waals surface area contributed by atoms with Crippen LogP contribution in [-0.2, 0) is 4.74 Å². The van der Waals surface area contributed by atoms with Gasteiger partial charge in [0.05, 0.1) is 7.11 Å². The van der Waals surface area contributed by atoms with Crippen molar-refractivity contribution in [1.29, 1.82) is 0 Å². The summed E-state index contributed by atoms with van der Waals surface area (Å²) in [5.74, 6) is -21.2. The van der Waals surface area contributed by atoms with Crippen molar-refractivity contribution in [2.75, 3.05) is 7.11 Å². The molecule has 8 heteroatoms. The van der Waals surface area contributed by atoms with Crippen molar-refractivity contribution in [3.05, 3.63) is 23.2 Å². The standard InChI is InChI=1S/C7H3F7O/c1-15-5-3(9)2(8)4(10)6(11,12)7(5,13)14/h1H3. The molecule has 0 unspecified atom stereocenters. The average Bonchev–Trinajstić information content (AvgIpc) is 2.14. The number of allylic oxidation sites excluding steroid dienone is 4. The molecule has 0 heterocycles.